The predicted octanol–water partition coefficient (Wildman–Crippen LogP) is 4.16. The topological polar surface area (TPSA) is 71.4 Å². The first-order valence-corrected chi connectivity index (χ1v) is 11.5. The minimum Gasteiger partial charge on any atom is -0.357 e. The average Bonchev–Trinajstić information content (AvgIpc) is 3.15. The van der Waals surface area contributed by atoms with Crippen LogP contribution in [0.4, 0.5) is 10.5 Å². The van der Waals surface area contributed by atoms with Gasteiger partial charge in [0.1, 0.15) is 5.57 Å². The molecule has 4 amide bonds. The quantitative estimate of drug-likeness (QED) is 0.588. The molecule has 5 fully saturated rings. The zero-order chi connectivity index (χ0) is 22.0. The van der Waals surface area contributed by atoms with Crippen molar-refractivity contribution in [2.24, 2.45) is 24.8 Å². The highest BCUT2D eigenvalue weighted by atomic mass is 16.2. The molecule has 1 N–H and O–H groups in total. The van der Waals surface area contributed by atoms with Gasteiger partial charge in [-0.1, -0.05) is 12.1 Å². The Morgan fingerprint density at radius 1 is 0.938 bits per heavy atom. The molecule has 0 unspecified atom stereocenters. The summed E-state index contributed by atoms with van der Waals surface area (Å²) >= 11 is 0. The van der Waals surface area contributed by atoms with E-state index in [1.165, 1.54) is 50.2 Å². The Labute approximate surface area is 187 Å². The summed E-state index contributed by atoms with van der Waals surface area (Å²) in [5.41, 5.74) is 2.78. The molecule has 6 heteroatoms. The lowest BCUT2D eigenvalue weighted by Gasteiger charge is -2.57. The number of carbonyl (C=O) groups excluding carboxylic acids is 3. The molecule has 0 radical (unpaired) electrons. The molecule has 1 aliphatic heterocycles. The van der Waals surface area contributed by atoms with Crippen LogP contribution in [0.25, 0.3) is 6.08 Å². The molecule has 4 aliphatic carbocycles. The normalized spacial score (nSPS) is 32.7. The number of nitrogens with one attached hydrogen (secondary N) is 1. The summed E-state index contributed by atoms with van der Waals surface area (Å²) in [4.78, 5) is 39.1. The third kappa shape index (κ3) is 3.04. The van der Waals surface area contributed by atoms with E-state index < -0.39 is 17.8 Å². The zero-order valence-corrected chi connectivity index (χ0v) is 18.2. The maximum absolute atomic E-state index is 13.1. The van der Waals surface area contributed by atoms with Gasteiger partial charge in [-0.25, -0.2) is 9.69 Å². The van der Waals surface area contributed by atoms with Crippen LogP contribution in [0.3, 0.4) is 0 Å². The van der Waals surface area contributed by atoms with Gasteiger partial charge in [-0.05, 0) is 97.1 Å². The van der Waals surface area contributed by atoms with Crippen molar-refractivity contribution in [3.63, 3.8) is 0 Å². The Balaban J connectivity index is 1.30. The van der Waals surface area contributed by atoms with Gasteiger partial charge in [-0.2, -0.15) is 0 Å². The van der Waals surface area contributed by atoms with Crippen molar-refractivity contribution in [3.8, 4) is 0 Å². The first-order valence-electron chi connectivity index (χ1n) is 11.5. The summed E-state index contributed by atoms with van der Waals surface area (Å²) in [6, 6.07) is 9.03. The zero-order valence-electron chi connectivity index (χ0n) is 18.2. The lowest BCUT2D eigenvalue weighted by Crippen LogP contribution is -2.54. The van der Waals surface area contributed by atoms with Crippen molar-refractivity contribution in [3.05, 3.63) is 59.4 Å². The van der Waals surface area contributed by atoms with Crippen LogP contribution in [0.5, 0.6) is 0 Å². The van der Waals surface area contributed by atoms with Gasteiger partial charge in [0.25, 0.3) is 11.8 Å². The van der Waals surface area contributed by atoms with E-state index in [0.29, 0.717) is 5.69 Å². The second kappa shape index (κ2) is 6.92. The van der Waals surface area contributed by atoms with Crippen LogP contribution < -0.4 is 10.2 Å². The monoisotopic (exact) mass is 429 g/mol. The highest BCUT2D eigenvalue weighted by Crippen LogP contribution is 2.60. The van der Waals surface area contributed by atoms with Crippen LogP contribution in [0.1, 0.15) is 49.7 Å². The molecule has 4 saturated carbocycles. The molecule has 5 aliphatic rings. The summed E-state index contributed by atoms with van der Waals surface area (Å²) < 4.78 is 1.84. The van der Waals surface area contributed by atoms with Crippen LogP contribution in [0, 0.1) is 17.8 Å². The molecule has 1 saturated heterocycles. The van der Waals surface area contributed by atoms with Crippen molar-refractivity contribution in [2.45, 2.75) is 43.9 Å². The van der Waals surface area contributed by atoms with Gasteiger partial charge < -0.3 is 4.57 Å². The smallest absolute Gasteiger partial charge is 0.335 e. The highest BCUT2D eigenvalue weighted by molar-refractivity contribution is 6.39. The standard InChI is InChI=1S/C26H27N3O3/c1-28-7-6-16(15-28)11-22-23(30)27-25(32)29(24(22)31)21-4-2-20(3-5-21)26-12-17-8-18(13-26)10-19(9-17)14-26/h2-7,11,15,17-19H,8-10,12-14H2,1H3,(H,27,30,32)/b22-11-. The summed E-state index contributed by atoms with van der Waals surface area (Å²) in [6.45, 7) is 0. The summed E-state index contributed by atoms with van der Waals surface area (Å²) in [6.07, 6.45) is 13.2. The number of amides is 4. The SMILES string of the molecule is Cn1ccc(/C=C2/C(=O)NC(=O)N(c3ccc(C45CC6CC(CC(C6)C4)C5)cc3)C2=O)c1. The van der Waals surface area contributed by atoms with Crippen LogP contribution in [-0.4, -0.2) is 22.4 Å². The summed E-state index contributed by atoms with van der Waals surface area (Å²) in [5, 5.41) is 2.31. The first kappa shape index (κ1) is 19.5. The summed E-state index contributed by atoms with van der Waals surface area (Å²) in [5.74, 6) is 1.31. The molecule has 2 aromatic rings. The van der Waals surface area contributed by atoms with Crippen molar-refractivity contribution >= 4 is 29.6 Å². The first-order chi connectivity index (χ1) is 15.4. The van der Waals surface area contributed by atoms with Gasteiger partial charge in [-0.3, -0.25) is 14.9 Å². The van der Waals surface area contributed by atoms with E-state index in [4.69, 9.17) is 0 Å². The third-order valence-corrected chi connectivity index (χ3v) is 8.04. The number of nitrogens with zero attached hydrogens (tertiary/aromatic N) is 2. The number of aryl methyl sites for hydroxylation is 1. The van der Waals surface area contributed by atoms with Gasteiger partial charge >= 0.3 is 6.03 Å². The van der Waals surface area contributed by atoms with Gasteiger partial charge in [0.2, 0.25) is 0 Å². The van der Waals surface area contributed by atoms with Crippen molar-refractivity contribution in [2.75, 3.05) is 4.90 Å². The Morgan fingerprint density at radius 2 is 1.56 bits per heavy atom. The maximum Gasteiger partial charge on any atom is 0.335 e. The molecule has 0 atom stereocenters. The fraction of sp³-hybridized carbons (Fsp3) is 0.423. The third-order valence-electron chi connectivity index (χ3n) is 8.04. The predicted molar refractivity (Wildman–Crippen MR) is 121 cm³/mol. The summed E-state index contributed by atoms with van der Waals surface area (Å²) in [7, 11) is 1.87. The fourth-order valence-electron chi connectivity index (χ4n) is 7.10. The van der Waals surface area contributed by atoms with Gasteiger partial charge in [0.05, 0.1) is 5.69 Å². The minimum absolute atomic E-state index is 0.0408. The molecule has 32 heavy (non-hydrogen) atoms. The molecule has 1 aromatic carbocycles. The maximum atomic E-state index is 13.1. The number of rotatable bonds is 3. The van der Waals surface area contributed by atoms with E-state index in [0.717, 1.165) is 28.2 Å². The number of carbonyl (C=O) groups is 3. The molecule has 164 valence electrons. The van der Waals surface area contributed by atoms with Gasteiger partial charge in [-0.15, -0.1) is 0 Å². The number of hydrogen-bond donors (Lipinski definition) is 1. The second-order valence-corrected chi connectivity index (χ2v) is 10.3. The largest absolute Gasteiger partial charge is 0.357 e. The fourth-order valence-corrected chi connectivity index (χ4v) is 7.10. The number of hydrogen-bond acceptors (Lipinski definition) is 3. The van der Waals surface area contributed by atoms with Crippen LogP contribution in [0.15, 0.2) is 48.3 Å². The van der Waals surface area contributed by atoms with E-state index in [-0.39, 0.29) is 11.0 Å². The lowest BCUT2D eigenvalue weighted by atomic mass is 9.48. The molecule has 6 nitrogen and oxygen atoms in total. The highest BCUT2D eigenvalue weighted by Gasteiger charge is 2.51. The molecule has 7 rings (SSSR count). The molecule has 4 bridgehead atoms. The lowest BCUT2D eigenvalue weighted by molar-refractivity contribution is -0.122. The van der Waals surface area contributed by atoms with E-state index in [1.54, 1.807) is 0 Å². The number of imide groups is 2. The van der Waals surface area contributed by atoms with Crippen molar-refractivity contribution < 1.29 is 14.4 Å². The number of anilines is 1. The number of benzene rings is 1. The van der Waals surface area contributed by atoms with E-state index in [1.807, 2.05) is 42.2 Å². The Hall–Kier alpha value is -3.15. The van der Waals surface area contributed by atoms with Gasteiger partial charge in [0.15, 0.2) is 0 Å². The molecule has 1 aromatic heterocycles. The van der Waals surface area contributed by atoms with E-state index in [9.17, 15) is 14.4 Å². The molecular weight excluding hydrogens is 402 g/mol. The molecule has 2 heterocycles. The Kier molecular flexibility index (Phi) is 4.23. The Bertz CT molecular complexity index is 1120. The Morgan fingerprint density at radius 3 is 2.12 bits per heavy atom. The van der Waals surface area contributed by atoms with E-state index in [2.05, 4.69) is 17.4 Å². The van der Waals surface area contributed by atoms with Crippen molar-refractivity contribution in [1.82, 2.24) is 9.88 Å². The van der Waals surface area contributed by atoms with Crippen LogP contribution in [0.2, 0.25) is 0 Å². The minimum atomic E-state index is -0.701. The molecular formula is C26H27N3O3. The van der Waals surface area contributed by atoms with Crippen molar-refractivity contribution in [1.29, 1.82) is 0 Å². The van der Waals surface area contributed by atoms with Gasteiger partial charge in [0, 0.05) is 19.4 Å². The number of barbiturate groups is 1. The number of aromatic nitrogens is 1. The van der Waals surface area contributed by atoms with Crippen LogP contribution >= 0.6 is 0 Å². The van der Waals surface area contributed by atoms with Crippen LogP contribution in [-0.2, 0) is 22.1 Å². The number of urea groups is 1. The average molecular weight is 430 g/mol. The van der Waals surface area contributed by atoms with E-state index >= 15 is 0 Å². The second-order valence-electron chi connectivity index (χ2n) is 10.3. The molecule has 0 spiro atoms.